The second-order valence-electron chi connectivity index (χ2n) is 7.25. The molecule has 4 aromatic carbocycles. The van der Waals surface area contributed by atoms with Crippen molar-refractivity contribution in [2.24, 2.45) is 0 Å². The second kappa shape index (κ2) is 5.98. The number of nitrogens with zero attached hydrogens (tertiary/aromatic N) is 1. The van der Waals surface area contributed by atoms with Gasteiger partial charge in [0.1, 0.15) is 5.58 Å². The lowest BCUT2D eigenvalue weighted by molar-refractivity contribution is 0.426. The summed E-state index contributed by atoms with van der Waals surface area (Å²) in [4.78, 5) is 0. The Bertz CT molecular complexity index is 1530. The van der Waals surface area contributed by atoms with Crippen molar-refractivity contribution in [3.8, 4) is 5.69 Å². The predicted molar refractivity (Wildman–Crippen MR) is 118 cm³/mol. The Morgan fingerprint density at radius 2 is 1.34 bits per heavy atom. The minimum atomic E-state index is -1.48. The third kappa shape index (κ3) is 2.29. The molecule has 0 spiro atoms. The van der Waals surface area contributed by atoms with Crippen molar-refractivity contribution in [1.82, 2.24) is 4.57 Å². The first-order valence-corrected chi connectivity index (χ1v) is 9.52. The number of furan rings is 1. The lowest BCUT2D eigenvalue weighted by Gasteiger charge is -2.09. The van der Waals surface area contributed by atoms with Crippen LogP contribution in [0, 0.1) is 0 Å². The fourth-order valence-corrected chi connectivity index (χ4v) is 4.29. The van der Waals surface area contributed by atoms with E-state index in [1.807, 2.05) is 42.5 Å². The molecule has 0 aliphatic carbocycles. The van der Waals surface area contributed by atoms with Crippen LogP contribution in [0.25, 0.3) is 49.4 Å². The van der Waals surface area contributed by atoms with Crippen molar-refractivity contribution in [2.45, 2.75) is 0 Å². The molecule has 0 saturated heterocycles. The highest BCUT2D eigenvalue weighted by Gasteiger charge is 2.19. The summed E-state index contributed by atoms with van der Waals surface area (Å²) in [5, 5.41) is 23.3. The van der Waals surface area contributed by atoms with Crippen molar-refractivity contribution in [3.63, 3.8) is 0 Å². The van der Waals surface area contributed by atoms with Gasteiger partial charge in [-0.05, 0) is 35.8 Å². The van der Waals surface area contributed by atoms with Crippen LogP contribution in [0.2, 0.25) is 0 Å². The molecule has 0 saturated carbocycles. The average Bonchev–Trinajstić information content (AvgIpc) is 3.29. The van der Waals surface area contributed by atoms with Crippen LogP contribution in [0.4, 0.5) is 0 Å². The van der Waals surface area contributed by atoms with Gasteiger partial charge >= 0.3 is 7.12 Å². The van der Waals surface area contributed by atoms with Crippen LogP contribution < -0.4 is 5.46 Å². The molecular weight excluding hydrogens is 361 g/mol. The number of para-hydroxylation sites is 2. The molecule has 0 fully saturated rings. The highest BCUT2D eigenvalue weighted by Crippen LogP contribution is 2.39. The normalized spacial score (nSPS) is 11.8. The summed E-state index contributed by atoms with van der Waals surface area (Å²) < 4.78 is 8.50. The molecule has 2 aromatic heterocycles. The molecule has 0 aliphatic rings. The van der Waals surface area contributed by atoms with E-state index in [4.69, 9.17) is 4.42 Å². The molecule has 138 valence electrons. The topological polar surface area (TPSA) is 58.5 Å². The van der Waals surface area contributed by atoms with Crippen LogP contribution in [0.5, 0.6) is 0 Å². The molecule has 2 N–H and O–H groups in total. The summed E-state index contributed by atoms with van der Waals surface area (Å²) in [6.45, 7) is 0. The fourth-order valence-electron chi connectivity index (χ4n) is 4.29. The maximum absolute atomic E-state index is 9.44. The largest absolute Gasteiger partial charge is 0.488 e. The highest BCUT2D eigenvalue weighted by atomic mass is 16.4. The van der Waals surface area contributed by atoms with Gasteiger partial charge < -0.3 is 19.0 Å². The maximum Gasteiger partial charge on any atom is 0.488 e. The Morgan fingerprint density at radius 1 is 0.655 bits per heavy atom. The van der Waals surface area contributed by atoms with Crippen LogP contribution in [0.1, 0.15) is 0 Å². The van der Waals surface area contributed by atoms with Crippen LogP contribution in [0.3, 0.4) is 0 Å². The average molecular weight is 377 g/mol. The summed E-state index contributed by atoms with van der Waals surface area (Å²) in [5.41, 5.74) is 5.21. The SMILES string of the molecule is OB(O)c1ccc(-n2c3ccccc3c3ccc4c5ccccc5oc4c32)cc1. The lowest BCUT2D eigenvalue weighted by atomic mass is 9.80. The van der Waals surface area contributed by atoms with Gasteiger partial charge in [0.15, 0.2) is 5.58 Å². The first-order chi connectivity index (χ1) is 14.2. The Morgan fingerprint density at radius 3 is 2.14 bits per heavy atom. The van der Waals surface area contributed by atoms with Gasteiger partial charge in [-0.1, -0.05) is 54.6 Å². The van der Waals surface area contributed by atoms with Crippen molar-refractivity contribution in [3.05, 3.63) is 84.9 Å². The van der Waals surface area contributed by atoms with Gasteiger partial charge in [0, 0.05) is 27.2 Å². The molecule has 0 unspecified atom stereocenters. The van der Waals surface area contributed by atoms with E-state index in [9.17, 15) is 10.0 Å². The van der Waals surface area contributed by atoms with Gasteiger partial charge in [-0.2, -0.15) is 0 Å². The summed E-state index contributed by atoms with van der Waals surface area (Å²) in [5.74, 6) is 0. The maximum atomic E-state index is 9.44. The summed E-state index contributed by atoms with van der Waals surface area (Å²) in [6.07, 6.45) is 0. The van der Waals surface area contributed by atoms with Gasteiger partial charge in [0.05, 0.1) is 11.0 Å². The first kappa shape index (κ1) is 16.4. The molecule has 2 heterocycles. The van der Waals surface area contributed by atoms with Gasteiger partial charge in [-0.25, -0.2) is 0 Å². The van der Waals surface area contributed by atoms with Crippen molar-refractivity contribution >= 4 is 56.3 Å². The summed E-state index contributed by atoms with van der Waals surface area (Å²) >= 11 is 0. The van der Waals surface area contributed by atoms with E-state index < -0.39 is 7.12 Å². The van der Waals surface area contributed by atoms with Gasteiger partial charge in [0.25, 0.3) is 0 Å². The quantitative estimate of drug-likeness (QED) is 0.441. The molecule has 5 heteroatoms. The molecule has 0 amide bonds. The third-order valence-corrected chi connectivity index (χ3v) is 5.63. The van der Waals surface area contributed by atoms with Crippen molar-refractivity contribution in [1.29, 1.82) is 0 Å². The fraction of sp³-hybridized carbons (Fsp3) is 0. The van der Waals surface area contributed by atoms with E-state index in [1.54, 1.807) is 12.1 Å². The van der Waals surface area contributed by atoms with E-state index >= 15 is 0 Å². The molecule has 0 radical (unpaired) electrons. The third-order valence-electron chi connectivity index (χ3n) is 5.63. The molecule has 29 heavy (non-hydrogen) atoms. The lowest BCUT2D eigenvalue weighted by Crippen LogP contribution is -2.29. The van der Waals surface area contributed by atoms with Gasteiger partial charge in [-0.3, -0.25) is 0 Å². The van der Waals surface area contributed by atoms with E-state index in [2.05, 4.69) is 34.9 Å². The summed E-state index contributed by atoms with van der Waals surface area (Å²) in [7, 11) is -1.48. The van der Waals surface area contributed by atoms with Gasteiger partial charge in [-0.15, -0.1) is 0 Å². The molecule has 0 bridgehead atoms. The molecular formula is C24H16BNO3. The zero-order valence-electron chi connectivity index (χ0n) is 15.4. The zero-order chi connectivity index (χ0) is 19.5. The number of fused-ring (bicyclic) bond motifs is 7. The van der Waals surface area contributed by atoms with Crippen LogP contribution in [0.15, 0.2) is 89.3 Å². The molecule has 6 aromatic rings. The Labute approximate surface area is 166 Å². The second-order valence-corrected chi connectivity index (χ2v) is 7.25. The standard InChI is InChI=1S/C24H16BNO3/c27-25(28)15-9-11-16(12-10-15)26-21-7-3-1-5-17(21)19-13-14-20-18-6-2-4-8-22(18)29-24(20)23(19)26/h1-14,27-28H. The Hall–Kier alpha value is -3.54. The zero-order valence-corrected chi connectivity index (χ0v) is 15.4. The Balaban J connectivity index is 1.79. The molecule has 0 aliphatic heterocycles. The monoisotopic (exact) mass is 377 g/mol. The van der Waals surface area contributed by atoms with Crippen LogP contribution in [-0.4, -0.2) is 21.7 Å². The van der Waals surface area contributed by atoms with Crippen LogP contribution >= 0.6 is 0 Å². The molecule has 6 rings (SSSR count). The van der Waals surface area contributed by atoms with Crippen molar-refractivity contribution < 1.29 is 14.5 Å². The van der Waals surface area contributed by atoms with Crippen molar-refractivity contribution in [2.75, 3.05) is 0 Å². The Kier molecular flexibility index (Phi) is 3.39. The summed E-state index contributed by atoms with van der Waals surface area (Å²) in [6, 6.07) is 27.9. The van der Waals surface area contributed by atoms with Crippen LogP contribution in [-0.2, 0) is 0 Å². The van der Waals surface area contributed by atoms with E-state index in [0.29, 0.717) is 5.46 Å². The highest BCUT2D eigenvalue weighted by molar-refractivity contribution is 6.58. The van der Waals surface area contributed by atoms with E-state index in [-0.39, 0.29) is 0 Å². The minimum Gasteiger partial charge on any atom is -0.454 e. The molecule has 4 nitrogen and oxygen atoms in total. The molecule has 0 atom stereocenters. The predicted octanol–water partition coefficient (Wildman–Crippen LogP) is 4.36. The van der Waals surface area contributed by atoms with E-state index in [1.165, 1.54) is 0 Å². The minimum absolute atomic E-state index is 0.461. The number of rotatable bonds is 2. The number of aromatic nitrogens is 1. The first-order valence-electron chi connectivity index (χ1n) is 9.52. The number of benzene rings is 4. The van der Waals surface area contributed by atoms with E-state index in [0.717, 1.165) is 49.4 Å². The number of hydrogen-bond acceptors (Lipinski definition) is 3. The number of hydrogen-bond donors (Lipinski definition) is 2. The smallest absolute Gasteiger partial charge is 0.454 e. The van der Waals surface area contributed by atoms with Gasteiger partial charge in [0.2, 0.25) is 0 Å².